The van der Waals surface area contributed by atoms with Crippen molar-refractivity contribution in [2.24, 2.45) is 0 Å². The lowest BCUT2D eigenvalue weighted by Gasteiger charge is -2.20. The highest BCUT2D eigenvalue weighted by Gasteiger charge is 2.33. The van der Waals surface area contributed by atoms with Crippen molar-refractivity contribution in [2.45, 2.75) is 25.6 Å². The molecule has 1 amide bonds. The minimum atomic E-state index is -1.15. The Labute approximate surface area is 187 Å². The average Bonchev–Trinajstić information content (AvgIpc) is 3.29. The number of pyridine rings is 1. The van der Waals surface area contributed by atoms with Gasteiger partial charge in [-0.3, -0.25) is 4.79 Å². The van der Waals surface area contributed by atoms with Crippen LogP contribution in [0.2, 0.25) is 0 Å². The number of rotatable bonds is 6. The SMILES string of the molecule is CN[C@@H]1CN(c2cc(F)c(CCNC(=O)c3sc4nc(C)ccc4c3N)cc2F)C[C@H]1F. The zero-order valence-corrected chi connectivity index (χ0v) is 18.5. The number of nitrogens with zero attached hydrogens (tertiary/aromatic N) is 2. The number of aryl methyl sites for hydroxylation is 1. The topological polar surface area (TPSA) is 83.3 Å². The van der Waals surface area contributed by atoms with Gasteiger partial charge in [0, 0.05) is 30.2 Å². The van der Waals surface area contributed by atoms with Crippen LogP contribution < -0.4 is 21.3 Å². The van der Waals surface area contributed by atoms with Gasteiger partial charge >= 0.3 is 0 Å². The number of nitrogens with two attached hydrogens (primary N) is 1. The Morgan fingerprint density at radius 1 is 1.28 bits per heavy atom. The number of likely N-dealkylation sites (N-methyl/N-ethyl adjacent to an activating group) is 1. The molecule has 1 fully saturated rings. The monoisotopic (exact) mass is 463 g/mol. The van der Waals surface area contributed by atoms with Crippen LogP contribution in [-0.4, -0.2) is 49.8 Å². The van der Waals surface area contributed by atoms with Crippen LogP contribution in [-0.2, 0) is 6.42 Å². The van der Waals surface area contributed by atoms with Crippen molar-refractivity contribution in [3.63, 3.8) is 0 Å². The van der Waals surface area contributed by atoms with Gasteiger partial charge in [-0.05, 0) is 44.2 Å². The van der Waals surface area contributed by atoms with E-state index < -0.39 is 23.8 Å². The summed E-state index contributed by atoms with van der Waals surface area (Å²) < 4.78 is 43.2. The van der Waals surface area contributed by atoms with E-state index in [9.17, 15) is 18.0 Å². The average molecular weight is 464 g/mol. The van der Waals surface area contributed by atoms with Crippen LogP contribution in [0.3, 0.4) is 0 Å². The van der Waals surface area contributed by atoms with Gasteiger partial charge in [-0.25, -0.2) is 18.2 Å². The van der Waals surface area contributed by atoms with Crippen molar-refractivity contribution < 1.29 is 18.0 Å². The van der Waals surface area contributed by atoms with E-state index in [1.165, 1.54) is 16.2 Å². The third kappa shape index (κ3) is 4.24. The molecular formula is C22H24F3N5OS. The van der Waals surface area contributed by atoms with E-state index in [4.69, 9.17) is 5.73 Å². The molecule has 0 saturated carbocycles. The summed E-state index contributed by atoms with van der Waals surface area (Å²) >= 11 is 1.19. The number of alkyl halides is 1. The fourth-order valence-corrected chi connectivity index (χ4v) is 4.95. The molecule has 0 radical (unpaired) electrons. The number of amides is 1. The zero-order valence-electron chi connectivity index (χ0n) is 17.7. The first-order chi connectivity index (χ1) is 15.3. The lowest BCUT2D eigenvalue weighted by molar-refractivity contribution is 0.0959. The van der Waals surface area contributed by atoms with Crippen LogP contribution in [0.15, 0.2) is 24.3 Å². The number of anilines is 2. The molecule has 2 aromatic heterocycles. The first-order valence-corrected chi connectivity index (χ1v) is 11.1. The van der Waals surface area contributed by atoms with Gasteiger partial charge in [-0.1, -0.05) is 0 Å². The Kier molecular flexibility index (Phi) is 6.25. The summed E-state index contributed by atoms with van der Waals surface area (Å²) in [5.41, 5.74) is 7.44. The van der Waals surface area contributed by atoms with E-state index in [1.807, 2.05) is 19.1 Å². The lowest BCUT2D eigenvalue weighted by atomic mass is 10.1. The maximum Gasteiger partial charge on any atom is 0.263 e. The van der Waals surface area contributed by atoms with E-state index in [0.717, 1.165) is 17.8 Å². The molecule has 6 nitrogen and oxygen atoms in total. The van der Waals surface area contributed by atoms with Crippen molar-refractivity contribution in [2.75, 3.05) is 37.3 Å². The molecule has 0 bridgehead atoms. The van der Waals surface area contributed by atoms with Gasteiger partial charge in [-0.2, -0.15) is 0 Å². The standard InChI is InChI=1S/C22H24F3N5OS/c1-11-3-4-13-19(26)20(32-22(13)29-11)21(31)28-6-5-12-7-15(24)18(8-14(12)23)30-9-16(25)17(10-30)27-2/h3-4,7-8,16-17,27H,5-6,9-10,26H2,1-2H3,(H,28,31)/t16-,17-/m1/s1. The Bertz CT molecular complexity index is 1170. The predicted octanol–water partition coefficient (Wildman–Crippen LogP) is 3.18. The largest absolute Gasteiger partial charge is 0.397 e. The van der Waals surface area contributed by atoms with Gasteiger partial charge in [0.25, 0.3) is 5.91 Å². The van der Waals surface area contributed by atoms with E-state index in [0.29, 0.717) is 20.8 Å². The Morgan fingerprint density at radius 2 is 2.06 bits per heavy atom. The highest BCUT2D eigenvalue weighted by Crippen LogP contribution is 2.32. The molecule has 10 heteroatoms. The Hall–Kier alpha value is -2.85. The molecule has 3 aromatic rings. The highest BCUT2D eigenvalue weighted by atomic mass is 32.1. The van der Waals surface area contributed by atoms with E-state index in [2.05, 4.69) is 15.6 Å². The summed E-state index contributed by atoms with van der Waals surface area (Å²) in [6, 6.07) is 5.42. The maximum absolute atomic E-state index is 14.6. The number of carbonyl (C=O) groups excluding carboxylic acids is 1. The van der Waals surface area contributed by atoms with E-state index >= 15 is 0 Å². The van der Waals surface area contributed by atoms with Gasteiger partial charge in [0.1, 0.15) is 27.5 Å². The molecule has 4 N–H and O–H groups in total. The normalized spacial score (nSPS) is 18.5. The lowest BCUT2D eigenvalue weighted by Crippen LogP contribution is -2.34. The van der Waals surface area contributed by atoms with E-state index in [-0.39, 0.29) is 43.2 Å². The third-order valence-electron chi connectivity index (χ3n) is 5.69. The van der Waals surface area contributed by atoms with Crippen LogP contribution in [0.25, 0.3) is 10.2 Å². The number of nitrogen functional groups attached to an aromatic ring is 1. The summed E-state index contributed by atoms with van der Waals surface area (Å²) in [6.45, 7) is 2.22. The van der Waals surface area contributed by atoms with Gasteiger partial charge in [0.2, 0.25) is 0 Å². The van der Waals surface area contributed by atoms with Crippen LogP contribution in [0.4, 0.5) is 24.5 Å². The number of fused-ring (bicyclic) bond motifs is 1. The number of nitrogens with one attached hydrogen (secondary N) is 2. The molecule has 0 spiro atoms. The fraction of sp³-hybridized carbons (Fsp3) is 0.364. The Morgan fingerprint density at radius 3 is 2.78 bits per heavy atom. The van der Waals surface area contributed by atoms with Crippen molar-refractivity contribution in [1.29, 1.82) is 0 Å². The molecule has 3 heterocycles. The molecule has 1 aromatic carbocycles. The van der Waals surface area contributed by atoms with Crippen molar-refractivity contribution in [3.05, 3.63) is 52.0 Å². The first-order valence-electron chi connectivity index (χ1n) is 10.3. The third-order valence-corrected chi connectivity index (χ3v) is 6.81. The number of aromatic nitrogens is 1. The zero-order chi connectivity index (χ0) is 23.0. The fourth-order valence-electron chi connectivity index (χ4n) is 3.89. The second kappa shape index (κ2) is 8.95. The van der Waals surface area contributed by atoms with Crippen molar-refractivity contribution in [1.82, 2.24) is 15.6 Å². The smallest absolute Gasteiger partial charge is 0.263 e. The first kappa shape index (κ1) is 22.3. The van der Waals surface area contributed by atoms with Gasteiger partial charge in [-0.15, -0.1) is 11.3 Å². The molecular weight excluding hydrogens is 439 g/mol. The predicted molar refractivity (Wildman–Crippen MR) is 121 cm³/mol. The number of hydrogen-bond donors (Lipinski definition) is 3. The summed E-state index contributed by atoms with van der Waals surface area (Å²) in [5.74, 6) is -1.60. The number of hydrogen-bond acceptors (Lipinski definition) is 6. The summed E-state index contributed by atoms with van der Waals surface area (Å²) in [7, 11) is 1.64. The number of thiophene rings is 1. The van der Waals surface area contributed by atoms with Gasteiger partial charge < -0.3 is 21.3 Å². The minimum Gasteiger partial charge on any atom is -0.397 e. The molecule has 32 heavy (non-hydrogen) atoms. The molecule has 0 aliphatic carbocycles. The quantitative estimate of drug-likeness (QED) is 0.523. The second-order valence-electron chi connectivity index (χ2n) is 7.87. The van der Waals surface area contributed by atoms with Crippen molar-refractivity contribution in [3.8, 4) is 0 Å². The number of benzene rings is 1. The van der Waals surface area contributed by atoms with Crippen LogP contribution in [0.1, 0.15) is 20.9 Å². The minimum absolute atomic E-state index is 0.00222. The molecule has 1 aliphatic rings. The summed E-state index contributed by atoms with van der Waals surface area (Å²) in [4.78, 5) is 19.4. The van der Waals surface area contributed by atoms with Gasteiger partial charge in [0.05, 0.1) is 24.0 Å². The molecule has 1 saturated heterocycles. The molecule has 2 atom stereocenters. The Balaban J connectivity index is 1.42. The molecule has 1 aliphatic heterocycles. The number of halogens is 3. The molecule has 4 rings (SSSR count). The maximum atomic E-state index is 14.6. The van der Waals surface area contributed by atoms with Crippen LogP contribution in [0, 0.1) is 18.6 Å². The van der Waals surface area contributed by atoms with Crippen LogP contribution >= 0.6 is 11.3 Å². The summed E-state index contributed by atoms with van der Waals surface area (Å²) in [5, 5.41) is 6.26. The summed E-state index contributed by atoms with van der Waals surface area (Å²) in [6.07, 6.45) is -1.06. The molecule has 0 unspecified atom stereocenters. The van der Waals surface area contributed by atoms with Crippen molar-refractivity contribution >= 4 is 38.8 Å². The van der Waals surface area contributed by atoms with Gasteiger partial charge in [0.15, 0.2) is 0 Å². The van der Waals surface area contributed by atoms with Crippen LogP contribution in [0.5, 0.6) is 0 Å². The highest BCUT2D eigenvalue weighted by molar-refractivity contribution is 7.21. The molecule has 170 valence electrons. The number of carbonyl (C=O) groups is 1. The van der Waals surface area contributed by atoms with E-state index in [1.54, 1.807) is 7.05 Å². The second-order valence-corrected chi connectivity index (χ2v) is 8.87.